The standard InChI is InChI=1S/C33H25N5O4.CH4O/c39-30(22-12-3-1-4-13-22)35-24-16-7-9-18-26(24)37-32(41)28-20-11-21-29(34-28)33(42)38-27-19-10-8-17-25(27)36-31(40)23-14-5-2-6-15-23;1-2/h1-21H,(H,35,39)(H,36,40)(H,37,41)(H,38,42);2H,1H3. The third-order valence-electron chi connectivity index (χ3n) is 6.13. The minimum Gasteiger partial charge on any atom is -0.400 e. The lowest BCUT2D eigenvalue weighted by atomic mass is 10.2. The highest BCUT2D eigenvalue weighted by Crippen LogP contribution is 2.24. The molecule has 220 valence electrons. The van der Waals surface area contributed by atoms with Gasteiger partial charge in [-0.2, -0.15) is 0 Å². The van der Waals surface area contributed by atoms with Crippen molar-refractivity contribution in [3.8, 4) is 0 Å². The first-order valence-corrected chi connectivity index (χ1v) is 13.4. The SMILES string of the molecule is CO.O=C(Nc1ccccc1NC(=O)c1cccc(C(=O)Nc2ccccc2NC(=O)c2ccccc2)n1)c1ccccc1. The number of hydrogen-bond acceptors (Lipinski definition) is 6. The largest absolute Gasteiger partial charge is 0.400 e. The highest BCUT2D eigenvalue weighted by Gasteiger charge is 2.17. The zero-order valence-corrected chi connectivity index (χ0v) is 23.7. The van der Waals surface area contributed by atoms with E-state index in [0.29, 0.717) is 33.9 Å². The van der Waals surface area contributed by atoms with Crippen LogP contribution in [0, 0.1) is 0 Å². The number of nitrogens with zero attached hydrogens (tertiary/aromatic N) is 1. The number of rotatable bonds is 8. The molecule has 0 fully saturated rings. The van der Waals surface area contributed by atoms with Crippen LogP contribution in [0.25, 0.3) is 0 Å². The van der Waals surface area contributed by atoms with E-state index in [1.54, 1.807) is 103 Å². The average Bonchev–Trinajstić information content (AvgIpc) is 3.08. The number of carbonyl (C=O) groups excluding carboxylic acids is 4. The number of hydrogen-bond donors (Lipinski definition) is 5. The van der Waals surface area contributed by atoms with Gasteiger partial charge >= 0.3 is 0 Å². The molecule has 10 nitrogen and oxygen atoms in total. The van der Waals surface area contributed by atoms with Gasteiger partial charge in [-0.25, -0.2) is 4.98 Å². The fraction of sp³-hybridized carbons (Fsp3) is 0.0294. The quantitative estimate of drug-likeness (QED) is 0.157. The van der Waals surface area contributed by atoms with E-state index >= 15 is 0 Å². The molecule has 0 radical (unpaired) electrons. The molecular formula is C34H29N5O5. The molecule has 5 rings (SSSR count). The Bertz CT molecular complexity index is 1630. The van der Waals surface area contributed by atoms with Crippen molar-refractivity contribution in [2.45, 2.75) is 0 Å². The van der Waals surface area contributed by atoms with Gasteiger partial charge in [0.2, 0.25) is 0 Å². The highest BCUT2D eigenvalue weighted by molar-refractivity contribution is 6.11. The van der Waals surface area contributed by atoms with Crippen molar-refractivity contribution in [1.29, 1.82) is 0 Å². The van der Waals surface area contributed by atoms with Gasteiger partial charge in [-0.1, -0.05) is 66.7 Å². The van der Waals surface area contributed by atoms with E-state index in [1.165, 1.54) is 12.1 Å². The van der Waals surface area contributed by atoms with Gasteiger partial charge in [0.25, 0.3) is 23.6 Å². The molecule has 0 saturated carbocycles. The summed E-state index contributed by atoms with van der Waals surface area (Å²) < 4.78 is 0. The number of nitrogens with one attached hydrogen (secondary N) is 4. The summed E-state index contributed by atoms with van der Waals surface area (Å²) in [4.78, 5) is 55.7. The predicted molar refractivity (Wildman–Crippen MR) is 170 cm³/mol. The van der Waals surface area contributed by atoms with Crippen LogP contribution in [0.1, 0.15) is 41.7 Å². The van der Waals surface area contributed by atoms with Crippen molar-refractivity contribution >= 4 is 46.4 Å². The smallest absolute Gasteiger partial charge is 0.274 e. The first kappa shape index (κ1) is 30.8. The molecule has 0 saturated heterocycles. The summed E-state index contributed by atoms with van der Waals surface area (Å²) in [6.45, 7) is 0. The minimum atomic E-state index is -0.568. The molecule has 5 aromatic rings. The zero-order chi connectivity index (χ0) is 31.3. The molecule has 0 unspecified atom stereocenters. The number of aromatic nitrogens is 1. The van der Waals surface area contributed by atoms with Gasteiger partial charge in [-0.3, -0.25) is 19.2 Å². The molecule has 10 heteroatoms. The summed E-state index contributed by atoms with van der Waals surface area (Å²) in [5, 5.41) is 18.1. The van der Waals surface area contributed by atoms with Crippen LogP contribution in [0.15, 0.2) is 127 Å². The molecule has 0 bridgehead atoms. The van der Waals surface area contributed by atoms with E-state index in [0.717, 1.165) is 7.11 Å². The molecule has 1 aromatic heterocycles. The van der Waals surface area contributed by atoms with E-state index < -0.39 is 11.8 Å². The fourth-order valence-electron chi connectivity index (χ4n) is 4.03. The molecule has 0 aliphatic heterocycles. The molecule has 0 atom stereocenters. The highest BCUT2D eigenvalue weighted by atomic mass is 16.2. The van der Waals surface area contributed by atoms with Crippen molar-refractivity contribution in [1.82, 2.24) is 4.98 Å². The number of anilines is 4. The lowest BCUT2D eigenvalue weighted by Crippen LogP contribution is -2.20. The van der Waals surface area contributed by atoms with E-state index in [9.17, 15) is 19.2 Å². The number of carbonyl (C=O) groups is 4. The number of pyridine rings is 1. The van der Waals surface area contributed by atoms with Crippen LogP contribution in [-0.4, -0.2) is 40.8 Å². The summed E-state index contributed by atoms with van der Waals surface area (Å²) in [5.74, 6) is -1.79. The summed E-state index contributed by atoms with van der Waals surface area (Å²) >= 11 is 0. The number of benzene rings is 4. The van der Waals surface area contributed by atoms with Crippen LogP contribution in [0.5, 0.6) is 0 Å². The predicted octanol–water partition coefficient (Wildman–Crippen LogP) is 5.70. The van der Waals surface area contributed by atoms with Gasteiger partial charge in [0.15, 0.2) is 0 Å². The monoisotopic (exact) mass is 587 g/mol. The van der Waals surface area contributed by atoms with Crippen molar-refractivity contribution < 1.29 is 24.3 Å². The third kappa shape index (κ3) is 7.99. The molecule has 5 N–H and O–H groups in total. The van der Waals surface area contributed by atoms with Gasteiger partial charge in [-0.15, -0.1) is 0 Å². The maximum Gasteiger partial charge on any atom is 0.274 e. The Morgan fingerprint density at radius 2 is 0.705 bits per heavy atom. The van der Waals surface area contributed by atoms with Gasteiger partial charge in [0.1, 0.15) is 11.4 Å². The van der Waals surface area contributed by atoms with Crippen LogP contribution in [0.2, 0.25) is 0 Å². The molecule has 44 heavy (non-hydrogen) atoms. The van der Waals surface area contributed by atoms with Gasteiger partial charge in [0.05, 0.1) is 22.7 Å². The normalized spacial score (nSPS) is 9.95. The average molecular weight is 588 g/mol. The Morgan fingerprint density at radius 3 is 1.05 bits per heavy atom. The number of amides is 4. The minimum absolute atomic E-state index is 0.00231. The molecule has 4 amide bonds. The molecular weight excluding hydrogens is 558 g/mol. The van der Waals surface area contributed by atoms with Crippen LogP contribution in [0.3, 0.4) is 0 Å². The van der Waals surface area contributed by atoms with Gasteiger partial charge in [-0.05, 0) is 60.7 Å². The fourth-order valence-corrected chi connectivity index (χ4v) is 4.03. The van der Waals surface area contributed by atoms with Crippen LogP contribution < -0.4 is 21.3 Å². The molecule has 4 aromatic carbocycles. The topological polar surface area (TPSA) is 150 Å². The number of para-hydroxylation sites is 4. The van der Waals surface area contributed by atoms with Crippen LogP contribution >= 0.6 is 0 Å². The third-order valence-corrected chi connectivity index (χ3v) is 6.13. The van der Waals surface area contributed by atoms with Crippen molar-refractivity contribution in [3.63, 3.8) is 0 Å². The van der Waals surface area contributed by atoms with Crippen LogP contribution in [0.4, 0.5) is 22.7 Å². The zero-order valence-electron chi connectivity index (χ0n) is 23.7. The number of aliphatic hydroxyl groups is 1. The summed E-state index contributed by atoms with van der Waals surface area (Å²) in [5.41, 5.74) is 2.49. The van der Waals surface area contributed by atoms with Crippen molar-refractivity contribution in [3.05, 3.63) is 150 Å². The molecule has 1 heterocycles. The Balaban J connectivity index is 0.00000216. The van der Waals surface area contributed by atoms with E-state index in [2.05, 4.69) is 26.3 Å². The second-order valence-corrected chi connectivity index (χ2v) is 9.05. The van der Waals surface area contributed by atoms with Crippen LogP contribution in [-0.2, 0) is 0 Å². The van der Waals surface area contributed by atoms with Crippen molar-refractivity contribution in [2.75, 3.05) is 28.4 Å². The maximum absolute atomic E-state index is 13.1. The summed E-state index contributed by atoms with van der Waals surface area (Å²) in [7, 11) is 1.00. The van der Waals surface area contributed by atoms with E-state index in [4.69, 9.17) is 5.11 Å². The Hall–Kier alpha value is -6.13. The lowest BCUT2D eigenvalue weighted by molar-refractivity contribution is 0.100. The molecule has 0 spiro atoms. The van der Waals surface area contributed by atoms with Crippen molar-refractivity contribution in [2.24, 2.45) is 0 Å². The summed E-state index contributed by atoms with van der Waals surface area (Å²) in [6, 6.07) is 35.5. The second-order valence-electron chi connectivity index (χ2n) is 9.05. The lowest BCUT2D eigenvalue weighted by Gasteiger charge is -2.13. The first-order valence-electron chi connectivity index (χ1n) is 13.4. The Morgan fingerprint density at radius 1 is 0.409 bits per heavy atom. The summed E-state index contributed by atoms with van der Waals surface area (Å²) in [6.07, 6.45) is 0. The van der Waals surface area contributed by atoms with E-state index in [1.807, 2.05) is 12.1 Å². The van der Waals surface area contributed by atoms with E-state index in [-0.39, 0.29) is 23.2 Å². The Kier molecular flexibility index (Phi) is 10.6. The maximum atomic E-state index is 13.1. The van der Waals surface area contributed by atoms with Gasteiger partial charge in [0, 0.05) is 18.2 Å². The number of aliphatic hydroxyl groups excluding tert-OH is 1. The second kappa shape index (κ2) is 15.2. The van der Waals surface area contributed by atoms with Gasteiger partial charge < -0.3 is 26.4 Å². The Labute approximate surface area is 253 Å². The molecule has 0 aliphatic carbocycles. The molecule has 0 aliphatic rings. The first-order chi connectivity index (χ1) is 21.5.